The Morgan fingerprint density at radius 2 is 1.92 bits per heavy atom. The average molecular weight is 173 g/mol. The largest absolute Gasteiger partial charge is 0.393 e. The van der Waals surface area contributed by atoms with Gasteiger partial charge in [-0.25, -0.2) is 0 Å². The van der Waals surface area contributed by atoms with Crippen molar-refractivity contribution in [3.8, 4) is 0 Å². The number of unbranched alkanes of at least 4 members (excludes halogenated alkanes) is 2. The van der Waals surface area contributed by atoms with Crippen LogP contribution in [0.4, 0.5) is 0 Å². The molecule has 12 heavy (non-hydrogen) atoms. The quantitative estimate of drug-likeness (QED) is 0.550. The topological polar surface area (TPSA) is 32.3 Å². The van der Waals surface area contributed by atoms with Crippen molar-refractivity contribution >= 4 is 0 Å². The highest BCUT2D eigenvalue weighted by Gasteiger charge is 2.00. The van der Waals surface area contributed by atoms with Crippen LogP contribution in [0.5, 0.6) is 0 Å². The molecule has 2 heteroatoms. The number of nitrogens with one attached hydrogen (secondary N) is 1. The molecule has 0 saturated carbocycles. The van der Waals surface area contributed by atoms with E-state index in [2.05, 4.69) is 12.2 Å². The first-order valence-electron chi connectivity index (χ1n) is 5.14. The van der Waals surface area contributed by atoms with Crippen molar-refractivity contribution in [1.29, 1.82) is 0 Å². The molecule has 0 saturated heterocycles. The first-order valence-corrected chi connectivity index (χ1v) is 5.14. The standard InChI is InChI=1S/C10H23NO/c1-3-7-10(12)8-5-4-6-9-11-2/h10-12H,3-9H2,1-2H3. The molecule has 1 unspecified atom stereocenters. The maximum absolute atomic E-state index is 9.39. The maximum atomic E-state index is 9.39. The maximum Gasteiger partial charge on any atom is 0.0540 e. The predicted molar refractivity (Wildman–Crippen MR) is 53.3 cm³/mol. The average Bonchev–Trinajstić information content (AvgIpc) is 2.05. The molecule has 2 nitrogen and oxygen atoms in total. The van der Waals surface area contributed by atoms with Gasteiger partial charge in [0.15, 0.2) is 0 Å². The lowest BCUT2D eigenvalue weighted by Gasteiger charge is -2.07. The van der Waals surface area contributed by atoms with Crippen molar-refractivity contribution in [2.75, 3.05) is 13.6 Å². The Bertz CT molecular complexity index is 85.9. The van der Waals surface area contributed by atoms with Crippen LogP contribution in [0.2, 0.25) is 0 Å². The summed E-state index contributed by atoms with van der Waals surface area (Å²) in [5.41, 5.74) is 0. The van der Waals surface area contributed by atoms with Gasteiger partial charge in [-0.15, -0.1) is 0 Å². The highest BCUT2D eigenvalue weighted by atomic mass is 16.3. The van der Waals surface area contributed by atoms with Crippen molar-refractivity contribution in [1.82, 2.24) is 5.32 Å². The van der Waals surface area contributed by atoms with Gasteiger partial charge in [-0.2, -0.15) is 0 Å². The number of aliphatic hydroxyl groups excluding tert-OH is 1. The Hall–Kier alpha value is -0.0800. The van der Waals surface area contributed by atoms with Gasteiger partial charge in [-0.3, -0.25) is 0 Å². The first-order chi connectivity index (χ1) is 5.81. The van der Waals surface area contributed by atoms with E-state index in [9.17, 15) is 5.11 Å². The van der Waals surface area contributed by atoms with Crippen LogP contribution in [0.3, 0.4) is 0 Å². The molecule has 0 aliphatic heterocycles. The van der Waals surface area contributed by atoms with Gasteiger partial charge >= 0.3 is 0 Å². The van der Waals surface area contributed by atoms with Crippen molar-refractivity contribution in [2.24, 2.45) is 0 Å². The van der Waals surface area contributed by atoms with Crippen molar-refractivity contribution in [3.05, 3.63) is 0 Å². The Morgan fingerprint density at radius 1 is 1.17 bits per heavy atom. The summed E-state index contributed by atoms with van der Waals surface area (Å²) in [5, 5.41) is 12.5. The Morgan fingerprint density at radius 3 is 2.50 bits per heavy atom. The van der Waals surface area contributed by atoms with E-state index >= 15 is 0 Å². The molecule has 0 aromatic carbocycles. The monoisotopic (exact) mass is 173 g/mol. The van der Waals surface area contributed by atoms with Gasteiger partial charge in [-0.05, 0) is 32.9 Å². The van der Waals surface area contributed by atoms with Gasteiger partial charge in [0.25, 0.3) is 0 Å². The first kappa shape index (κ1) is 11.9. The third-order valence-corrected chi connectivity index (χ3v) is 2.09. The second-order valence-corrected chi connectivity index (χ2v) is 3.40. The third kappa shape index (κ3) is 8.02. The molecule has 0 fully saturated rings. The van der Waals surface area contributed by atoms with Gasteiger partial charge in [0, 0.05) is 0 Å². The molecule has 0 aliphatic carbocycles. The molecule has 0 bridgehead atoms. The predicted octanol–water partition coefficient (Wildman–Crippen LogP) is 1.93. The van der Waals surface area contributed by atoms with Gasteiger partial charge in [0.1, 0.15) is 0 Å². The minimum absolute atomic E-state index is 0.0513. The zero-order valence-electron chi connectivity index (χ0n) is 8.47. The van der Waals surface area contributed by atoms with Crippen LogP contribution in [0, 0.1) is 0 Å². The second-order valence-electron chi connectivity index (χ2n) is 3.40. The zero-order chi connectivity index (χ0) is 9.23. The lowest BCUT2D eigenvalue weighted by Crippen LogP contribution is -2.08. The molecular formula is C10H23NO. The van der Waals surface area contributed by atoms with Crippen LogP contribution in [-0.4, -0.2) is 24.8 Å². The van der Waals surface area contributed by atoms with Crippen molar-refractivity contribution in [2.45, 2.75) is 51.6 Å². The summed E-state index contributed by atoms with van der Waals surface area (Å²) in [6.07, 6.45) is 6.63. The minimum atomic E-state index is -0.0513. The molecule has 0 radical (unpaired) electrons. The molecule has 1 atom stereocenters. The fourth-order valence-corrected chi connectivity index (χ4v) is 1.34. The summed E-state index contributed by atoms with van der Waals surface area (Å²) in [6.45, 7) is 3.22. The van der Waals surface area contributed by atoms with Crippen LogP contribution in [0.25, 0.3) is 0 Å². The van der Waals surface area contributed by atoms with E-state index < -0.39 is 0 Å². The lowest BCUT2D eigenvalue weighted by atomic mass is 10.1. The normalized spacial score (nSPS) is 13.2. The van der Waals surface area contributed by atoms with E-state index in [0.29, 0.717) is 0 Å². The van der Waals surface area contributed by atoms with Crippen molar-refractivity contribution in [3.63, 3.8) is 0 Å². The van der Waals surface area contributed by atoms with Crippen LogP contribution >= 0.6 is 0 Å². The molecule has 0 heterocycles. The Kier molecular flexibility index (Phi) is 8.95. The number of hydrogen-bond donors (Lipinski definition) is 2. The Balaban J connectivity index is 2.97. The highest BCUT2D eigenvalue weighted by Crippen LogP contribution is 2.07. The molecule has 0 rings (SSSR count). The smallest absolute Gasteiger partial charge is 0.0540 e. The summed E-state index contributed by atoms with van der Waals surface area (Å²) in [4.78, 5) is 0. The van der Waals surface area contributed by atoms with E-state index in [1.807, 2.05) is 7.05 Å². The minimum Gasteiger partial charge on any atom is -0.393 e. The van der Waals surface area contributed by atoms with Crippen LogP contribution in [0.1, 0.15) is 45.4 Å². The van der Waals surface area contributed by atoms with Gasteiger partial charge in [0.2, 0.25) is 0 Å². The molecular weight excluding hydrogens is 150 g/mol. The third-order valence-electron chi connectivity index (χ3n) is 2.09. The molecule has 0 spiro atoms. The second kappa shape index (κ2) is 9.01. The van der Waals surface area contributed by atoms with Crippen LogP contribution < -0.4 is 5.32 Å². The Labute approximate surface area is 76.4 Å². The molecule has 2 N–H and O–H groups in total. The zero-order valence-corrected chi connectivity index (χ0v) is 8.47. The number of hydrogen-bond acceptors (Lipinski definition) is 2. The molecule has 0 amide bonds. The van der Waals surface area contributed by atoms with Gasteiger partial charge < -0.3 is 10.4 Å². The van der Waals surface area contributed by atoms with Crippen LogP contribution in [0.15, 0.2) is 0 Å². The van der Waals surface area contributed by atoms with E-state index in [1.165, 1.54) is 19.3 Å². The highest BCUT2D eigenvalue weighted by molar-refractivity contribution is 4.55. The van der Waals surface area contributed by atoms with E-state index in [1.54, 1.807) is 0 Å². The summed E-state index contributed by atoms with van der Waals surface area (Å²) in [5.74, 6) is 0. The van der Waals surface area contributed by atoms with E-state index in [4.69, 9.17) is 0 Å². The molecule has 0 aromatic heterocycles. The number of rotatable bonds is 8. The molecule has 0 aliphatic rings. The lowest BCUT2D eigenvalue weighted by molar-refractivity contribution is 0.150. The number of aliphatic hydroxyl groups is 1. The van der Waals surface area contributed by atoms with Gasteiger partial charge in [-0.1, -0.05) is 26.2 Å². The summed E-state index contributed by atoms with van der Waals surface area (Å²) in [7, 11) is 1.98. The fourth-order valence-electron chi connectivity index (χ4n) is 1.34. The summed E-state index contributed by atoms with van der Waals surface area (Å²) < 4.78 is 0. The SMILES string of the molecule is CCCC(O)CCCCCNC. The van der Waals surface area contributed by atoms with Crippen LogP contribution in [-0.2, 0) is 0 Å². The summed E-state index contributed by atoms with van der Waals surface area (Å²) in [6, 6.07) is 0. The van der Waals surface area contributed by atoms with E-state index in [-0.39, 0.29) is 6.10 Å². The van der Waals surface area contributed by atoms with Gasteiger partial charge in [0.05, 0.1) is 6.10 Å². The summed E-state index contributed by atoms with van der Waals surface area (Å²) >= 11 is 0. The molecule has 0 aromatic rings. The van der Waals surface area contributed by atoms with E-state index in [0.717, 1.165) is 25.8 Å². The fraction of sp³-hybridized carbons (Fsp3) is 1.00. The van der Waals surface area contributed by atoms with Crippen molar-refractivity contribution < 1.29 is 5.11 Å². The molecule has 74 valence electrons.